The first-order chi connectivity index (χ1) is 10.2. The van der Waals surface area contributed by atoms with Gasteiger partial charge < -0.3 is 10.6 Å². The van der Waals surface area contributed by atoms with Crippen molar-refractivity contribution in [1.29, 1.82) is 0 Å². The third-order valence-corrected chi connectivity index (χ3v) is 5.26. The van der Waals surface area contributed by atoms with E-state index in [0.717, 1.165) is 32.4 Å². The van der Waals surface area contributed by atoms with Gasteiger partial charge in [0.05, 0.1) is 0 Å². The van der Waals surface area contributed by atoms with Gasteiger partial charge in [0, 0.05) is 23.2 Å². The lowest BCUT2D eigenvalue weighted by molar-refractivity contribution is -0.126. The minimum Gasteiger partial charge on any atom is -0.356 e. The van der Waals surface area contributed by atoms with Crippen LogP contribution in [0.4, 0.5) is 0 Å². The van der Waals surface area contributed by atoms with Crippen molar-refractivity contribution in [2.24, 2.45) is 5.92 Å². The van der Waals surface area contributed by atoms with Crippen LogP contribution in [0.2, 0.25) is 0 Å². The Morgan fingerprint density at radius 3 is 3.05 bits per heavy atom. The number of piperidine rings is 1. The Bertz CT molecular complexity index is 628. The topological polar surface area (TPSA) is 41.1 Å². The SMILES string of the molecule is C[C@H]1C[C@@H](C(=O)NCCc2csc3ccccc23)CCN1.Cl. The van der Waals surface area contributed by atoms with E-state index in [1.54, 1.807) is 11.3 Å². The molecule has 120 valence electrons. The molecule has 1 aromatic carbocycles. The second-order valence-corrected chi connectivity index (χ2v) is 6.79. The molecule has 1 saturated heterocycles. The van der Waals surface area contributed by atoms with Gasteiger partial charge in [-0.15, -0.1) is 23.7 Å². The quantitative estimate of drug-likeness (QED) is 0.897. The lowest BCUT2D eigenvalue weighted by Gasteiger charge is -2.27. The molecular weight excluding hydrogens is 316 g/mol. The van der Waals surface area contributed by atoms with Crippen molar-refractivity contribution in [3.05, 3.63) is 35.2 Å². The number of halogens is 1. The number of benzene rings is 1. The van der Waals surface area contributed by atoms with Crippen molar-refractivity contribution in [3.8, 4) is 0 Å². The van der Waals surface area contributed by atoms with Crippen molar-refractivity contribution in [3.63, 3.8) is 0 Å². The van der Waals surface area contributed by atoms with Gasteiger partial charge >= 0.3 is 0 Å². The number of hydrogen-bond donors (Lipinski definition) is 2. The standard InChI is InChI=1S/C17H22N2OS.ClH/c1-12-10-13(6-8-18-12)17(20)19-9-7-14-11-21-16-5-3-2-4-15(14)16;/h2-5,11-13,18H,6-10H2,1H3,(H,19,20);1H/t12-,13-;/m0./s1. The largest absolute Gasteiger partial charge is 0.356 e. The molecule has 2 heterocycles. The molecule has 5 heteroatoms. The molecule has 0 unspecified atom stereocenters. The predicted octanol–water partition coefficient (Wildman–Crippen LogP) is 3.37. The Labute approximate surface area is 141 Å². The zero-order chi connectivity index (χ0) is 14.7. The molecule has 0 spiro atoms. The van der Waals surface area contributed by atoms with Crippen molar-refractivity contribution < 1.29 is 4.79 Å². The van der Waals surface area contributed by atoms with Crippen LogP contribution in [0.1, 0.15) is 25.3 Å². The van der Waals surface area contributed by atoms with Crippen molar-refractivity contribution >= 4 is 39.7 Å². The van der Waals surface area contributed by atoms with E-state index in [0.29, 0.717) is 6.04 Å². The maximum absolute atomic E-state index is 12.2. The second-order valence-electron chi connectivity index (χ2n) is 5.87. The van der Waals surface area contributed by atoms with E-state index < -0.39 is 0 Å². The van der Waals surface area contributed by atoms with Crippen molar-refractivity contribution in [2.45, 2.75) is 32.2 Å². The molecule has 3 rings (SSSR count). The van der Waals surface area contributed by atoms with E-state index in [4.69, 9.17) is 0 Å². The highest BCUT2D eigenvalue weighted by Crippen LogP contribution is 2.25. The molecule has 1 aliphatic rings. The van der Waals surface area contributed by atoms with Crippen LogP contribution in [-0.4, -0.2) is 25.0 Å². The number of amides is 1. The Kier molecular flexibility index (Phi) is 6.24. The van der Waals surface area contributed by atoms with Gasteiger partial charge in [0.15, 0.2) is 0 Å². The van der Waals surface area contributed by atoms with Gasteiger partial charge in [0.2, 0.25) is 5.91 Å². The monoisotopic (exact) mass is 338 g/mol. The first-order valence-corrected chi connectivity index (χ1v) is 8.58. The van der Waals surface area contributed by atoms with Gasteiger partial charge in [0.1, 0.15) is 0 Å². The summed E-state index contributed by atoms with van der Waals surface area (Å²) >= 11 is 1.78. The summed E-state index contributed by atoms with van der Waals surface area (Å²) in [6.45, 7) is 3.84. The molecule has 1 aromatic heterocycles. The van der Waals surface area contributed by atoms with Crippen LogP contribution < -0.4 is 10.6 Å². The van der Waals surface area contributed by atoms with Crippen LogP contribution in [0.3, 0.4) is 0 Å². The molecule has 0 saturated carbocycles. The highest BCUT2D eigenvalue weighted by molar-refractivity contribution is 7.17. The van der Waals surface area contributed by atoms with Gasteiger partial charge in [-0.1, -0.05) is 18.2 Å². The molecule has 2 aromatic rings. The van der Waals surface area contributed by atoms with Crippen LogP contribution >= 0.6 is 23.7 Å². The molecule has 22 heavy (non-hydrogen) atoms. The fourth-order valence-electron chi connectivity index (χ4n) is 3.06. The molecule has 0 bridgehead atoms. The highest BCUT2D eigenvalue weighted by atomic mass is 35.5. The molecule has 3 nitrogen and oxygen atoms in total. The third kappa shape index (κ3) is 4.00. The number of carbonyl (C=O) groups is 1. The van der Waals surface area contributed by atoms with Crippen molar-refractivity contribution in [2.75, 3.05) is 13.1 Å². The molecule has 0 radical (unpaired) electrons. The van der Waals surface area contributed by atoms with E-state index in [9.17, 15) is 4.79 Å². The Balaban J connectivity index is 0.00000176. The van der Waals surface area contributed by atoms with Crippen molar-refractivity contribution in [1.82, 2.24) is 10.6 Å². The average Bonchev–Trinajstić information content (AvgIpc) is 2.91. The van der Waals surface area contributed by atoms with Crippen LogP contribution in [0.5, 0.6) is 0 Å². The fraction of sp³-hybridized carbons (Fsp3) is 0.471. The van der Waals surface area contributed by atoms with Gasteiger partial charge in [0.25, 0.3) is 0 Å². The van der Waals surface area contributed by atoms with Crippen LogP contribution in [0.25, 0.3) is 10.1 Å². The lowest BCUT2D eigenvalue weighted by Crippen LogP contribution is -2.42. The Hall–Kier alpha value is -1.10. The summed E-state index contributed by atoms with van der Waals surface area (Å²) < 4.78 is 1.33. The summed E-state index contributed by atoms with van der Waals surface area (Å²) in [6.07, 6.45) is 2.82. The lowest BCUT2D eigenvalue weighted by atomic mass is 9.92. The number of nitrogens with one attached hydrogen (secondary N) is 2. The summed E-state index contributed by atoms with van der Waals surface area (Å²) in [5.41, 5.74) is 1.34. The average molecular weight is 339 g/mol. The van der Waals surface area contributed by atoms with E-state index in [2.05, 4.69) is 47.2 Å². The minimum absolute atomic E-state index is 0. The van der Waals surface area contributed by atoms with E-state index in [-0.39, 0.29) is 24.2 Å². The first-order valence-electron chi connectivity index (χ1n) is 7.70. The van der Waals surface area contributed by atoms with Gasteiger partial charge in [-0.25, -0.2) is 0 Å². The molecule has 2 atom stereocenters. The maximum Gasteiger partial charge on any atom is 0.223 e. The molecule has 1 aliphatic heterocycles. The minimum atomic E-state index is 0. The number of thiophene rings is 1. The van der Waals surface area contributed by atoms with Gasteiger partial charge in [-0.3, -0.25) is 4.79 Å². The number of rotatable bonds is 4. The molecule has 1 amide bonds. The second kappa shape index (κ2) is 7.95. The van der Waals surface area contributed by atoms with Gasteiger partial charge in [-0.05, 0) is 55.1 Å². The predicted molar refractivity (Wildman–Crippen MR) is 96.0 cm³/mol. The smallest absolute Gasteiger partial charge is 0.223 e. The summed E-state index contributed by atoms with van der Waals surface area (Å²) in [7, 11) is 0. The van der Waals surface area contributed by atoms with E-state index in [1.807, 2.05) is 0 Å². The zero-order valence-electron chi connectivity index (χ0n) is 12.8. The zero-order valence-corrected chi connectivity index (χ0v) is 14.4. The van der Waals surface area contributed by atoms with Crippen LogP contribution in [-0.2, 0) is 11.2 Å². The third-order valence-electron chi connectivity index (χ3n) is 4.25. The van der Waals surface area contributed by atoms with Gasteiger partial charge in [-0.2, -0.15) is 0 Å². The first kappa shape index (κ1) is 17.3. The van der Waals surface area contributed by atoms with E-state index in [1.165, 1.54) is 15.6 Å². The molecular formula is C17H23ClN2OS. The molecule has 1 fully saturated rings. The summed E-state index contributed by atoms with van der Waals surface area (Å²) in [5.74, 6) is 0.406. The van der Waals surface area contributed by atoms with Crippen LogP contribution in [0.15, 0.2) is 29.6 Å². The fourth-order valence-corrected chi connectivity index (χ4v) is 4.06. The highest BCUT2D eigenvalue weighted by Gasteiger charge is 2.24. The summed E-state index contributed by atoms with van der Waals surface area (Å²) in [4.78, 5) is 12.2. The molecule has 2 N–H and O–H groups in total. The maximum atomic E-state index is 12.2. The number of hydrogen-bond acceptors (Lipinski definition) is 3. The normalized spacial score (nSPS) is 21.3. The van der Waals surface area contributed by atoms with E-state index >= 15 is 0 Å². The number of fused-ring (bicyclic) bond motifs is 1. The Morgan fingerprint density at radius 2 is 2.23 bits per heavy atom. The van der Waals surface area contributed by atoms with Crippen LogP contribution in [0, 0.1) is 5.92 Å². The molecule has 0 aliphatic carbocycles. The Morgan fingerprint density at radius 1 is 1.41 bits per heavy atom. The summed E-state index contributed by atoms with van der Waals surface area (Å²) in [5, 5.41) is 10.0. The number of carbonyl (C=O) groups excluding carboxylic acids is 1. The summed E-state index contributed by atoms with van der Waals surface area (Å²) in [6, 6.07) is 8.92.